The number of aliphatic hydroxyl groups is 1. The third-order valence-corrected chi connectivity index (χ3v) is 3.11. The lowest BCUT2D eigenvalue weighted by Crippen LogP contribution is -2.26. The van der Waals surface area contributed by atoms with Crippen LogP contribution in [-0.4, -0.2) is 16.3 Å². The van der Waals surface area contributed by atoms with Gasteiger partial charge in [0.15, 0.2) is 0 Å². The number of hydrogen-bond donors (Lipinski definition) is 3. The number of aliphatic hydroxyl groups excluding tert-OH is 1. The Hall–Kier alpha value is -0.770. The molecule has 1 rings (SSSR count). The fourth-order valence-electron chi connectivity index (χ4n) is 1.64. The second kappa shape index (κ2) is 6.24. The van der Waals surface area contributed by atoms with Crippen LogP contribution in [0.25, 0.3) is 0 Å². The largest absolute Gasteiger partial charge is 0.506 e. The topological polar surface area (TPSA) is 66.5 Å². The van der Waals surface area contributed by atoms with Crippen LogP contribution in [0.2, 0.25) is 5.02 Å². The van der Waals surface area contributed by atoms with Crippen molar-refractivity contribution < 1.29 is 10.2 Å². The Morgan fingerprint density at radius 2 is 1.94 bits per heavy atom. The molecule has 0 bridgehead atoms. The van der Waals surface area contributed by atoms with Gasteiger partial charge in [0, 0.05) is 0 Å². The third-order valence-electron chi connectivity index (χ3n) is 2.81. The van der Waals surface area contributed by atoms with Gasteiger partial charge in [-0.2, -0.15) is 0 Å². The van der Waals surface area contributed by atoms with E-state index in [0.717, 1.165) is 12.0 Å². The highest BCUT2D eigenvalue weighted by Crippen LogP contribution is 2.28. The van der Waals surface area contributed by atoms with Gasteiger partial charge < -0.3 is 15.9 Å². The molecule has 0 saturated carbocycles. The number of phenols is 1. The van der Waals surface area contributed by atoms with Crippen LogP contribution in [0.1, 0.15) is 38.3 Å². The van der Waals surface area contributed by atoms with Crippen molar-refractivity contribution >= 4 is 11.6 Å². The van der Waals surface area contributed by atoms with E-state index in [1.54, 1.807) is 12.1 Å². The quantitative estimate of drug-likeness (QED) is 0.760. The fraction of sp³-hybridized carbons (Fsp3) is 0.538. The summed E-state index contributed by atoms with van der Waals surface area (Å²) < 4.78 is 0. The Labute approximate surface area is 107 Å². The van der Waals surface area contributed by atoms with Gasteiger partial charge in [0.2, 0.25) is 0 Å². The Bertz CT molecular complexity index is 368. The summed E-state index contributed by atoms with van der Waals surface area (Å²) >= 11 is 5.80. The van der Waals surface area contributed by atoms with Crippen LogP contribution >= 0.6 is 11.6 Å². The number of aromatic hydroxyl groups is 1. The van der Waals surface area contributed by atoms with Crippen molar-refractivity contribution in [3.8, 4) is 5.75 Å². The molecule has 0 heterocycles. The lowest BCUT2D eigenvalue weighted by Gasteiger charge is -2.20. The SMILES string of the molecule is CC(C)CC[C@H](O)[C@H](N)c1ccc(O)c(Cl)c1. The number of halogens is 1. The molecule has 0 aliphatic rings. The normalized spacial score (nSPS) is 14.9. The average molecular weight is 258 g/mol. The molecule has 0 amide bonds. The molecule has 1 aromatic carbocycles. The smallest absolute Gasteiger partial charge is 0.134 e. The lowest BCUT2D eigenvalue weighted by molar-refractivity contribution is 0.128. The molecule has 0 radical (unpaired) electrons. The van der Waals surface area contributed by atoms with Crippen molar-refractivity contribution in [1.29, 1.82) is 0 Å². The molecule has 1 aromatic rings. The van der Waals surface area contributed by atoms with Crippen molar-refractivity contribution in [3.05, 3.63) is 28.8 Å². The molecule has 3 nitrogen and oxygen atoms in total. The molecule has 17 heavy (non-hydrogen) atoms. The first-order chi connectivity index (χ1) is 7.91. The van der Waals surface area contributed by atoms with E-state index in [0.29, 0.717) is 12.3 Å². The van der Waals surface area contributed by atoms with Crippen LogP contribution < -0.4 is 5.73 Å². The number of benzene rings is 1. The van der Waals surface area contributed by atoms with Gasteiger partial charge in [-0.25, -0.2) is 0 Å². The number of phenolic OH excluding ortho intramolecular Hbond substituents is 1. The molecule has 96 valence electrons. The summed E-state index contributed by atoms with van der Waals surface area (Å²) in [5.41, 5.74) is 6.69. The molecule has 4 N–H and O–H groups in total. The molecule has 0 spiro atoms. The van der Waals surface area contributed by atoms with Crippen molar-refractivity contribution in [3.63, 3.8) is 0 Å². The van der Waals surface area contributed by atoms with Gasteiger partial charge >= 0.3 is 0 Å². The van der Waals surface area contributed by atoms with E-state index in [1.807, 2.05) is 0 Å². The van der Waals surface area contributed by atoms with Gasteiger partial charge in [0.1, 0.15) is 5.75 Å². The van der Waals surface area contributed by atoms with Crippen molar-refractivity contribution in [2.75, 3.05) is 0 Å². The zero-order chi connectivity index (χ0) is 13.0. The monoisotopic (exact) mass is 257 g/mol. The highest BCUT2D eigenvalue weighted by molar-refractivity contribution is 6.32. The van der Waals surface area contributed by atoms with Gasteiger partial charge in [0.05, 0.1) is 17.2 Å². The summed E-state index contributed by atoms with van der Waals surface area (Å²) in [6.07, 6.45) is 1.01. The fourth-order valence-corrected chi connectivity index (χ4v) is 1.83. The molecule has 0 aliphatic heterocycles. The van der Waals surface area contributed by atoms with E-state index in [4.69, 9.17) is 17.3 Å². The summed E-state index contributed by atoms with van der Waals surface area (Å²) in [6.45, 7) is 4.21. The molecule has 0 aromatic heterocycles. The molecular weight excluding hydrogens is 238 g/mol. The first-order valence-corrected chi connectivity index (χ1v) is 6.21. The van der Waals surface area contributed by atoms with Crippen LogP contribution in [0.4, 0.5) is 0 Å². The molecule has 2 atom stereocenters. The maximum atomic E-state index is 9.95. The first kappa shape index (κ1) is 14.3. The van der Waals surface area contributed by atoms with Crippen LogP contribution in [0.15, 0.2) is 18.2 Å². The average Bonchev–Trinajstić information content (AvgIpc) is 2.28. The van der Waals surface area contributed by atoms with E-state index < -0.39 is 12.1 Å². The molecule has 0 saturated heterocycles. The van der Waals surface area contributed by atoms with Crippen molar-refractivity contribution in [1.82, 2.24) is 0 Å². The summed E-state index contributed by atoms with van der Waals surface area (Å²) in [5.74, 6) is 0.569. The zero-order valence-electron chi connectivity index (χ0n) is 10.2. The number of rotatable bonds is 5. The summed E-state index contributed by atoms with van der Waals surface area (Å²) in [6, 6.07) is 4.31. The van der Waals surface area contributed by atoms with Crippen LogP contribution in [-0.2, 0) is 0 Å². The van der Waals surface area contributed by atoms with Gasteiger partial charge in [-0.15, -0.1) is 0 Å². The third kappa shape index (κ3) is 4.19. The number of hydrogen-bond acceptors (Lipinski definition) is 3. The second-order valence-corrected chi connectivity index (χ2v) is 5.18. The van der Waals surface area contributed by atoms with E-state index in [9.17, 15) is 10.2 Å². The summed E-state index contributed by atoms with van der Waals surface area (Å²) in [7, 11) is 0. The van der Waals surface area contributed by atoms with Crippen LogP contribution in [0.5, 0.6) is 5.75 Å². The van der Waals surface area contributed by atoms with E-state index in [-0.39, 0.29) is 10.8 Å². The minimum Gasteiger partial charge on any atom is -0.506 e. The Kier molecular flexibility index (Phi) is 5.25. The van der Waals surface area contributed by atoms with Crippen molar-refractivity contribution in [2.45, 2.75) is 38.8 Å². The molecule has 0 fully saturated rings. The Balaban J connectivity index is 2.67. The standard InChI is InChI=1S/C13H20ClNO2/c1-8(2)3-5-12(17)13(15)9-4-6-11(16)10(14)7-9/h4,6-8,12-13,16-17H,3,5,15H2,1-2H3/t12-,13+/m0/s1. The minimum atomic E-state index is -0.585. The van der Waals surface area contributed by atoms with E-state index in [1.165, 1.54) is 6.07 Å². The van der Waals surface area contributed by atoms with Gasteiger partial charge in [0.25, 0.3) is 0 Å². The molecule has 0 unspecified atom stereocenters. The van der Waals surface area contributed by atoms with E-state index in [2.05, 4.69) is 13.8 Å². The molecular formula is C13H20ClNO2. The lowest BCUT2D eigenvalue weighted by atomic mass is 9.96. The molecule has 0 aliphatic carbocycles. The summed E-state index contributed by atoms with van der Waals surface area (Å²) in [5, 5.41) is 19.5. The minimum absolute atomic E-state index is 0.0271. The zero-order valence-corrected chi connectivity index (χ0v) is 11.0. The first-order valence-electron chi connectivity index (χ1n) is 5.84. The Morgan fingerprint density at radius 1 is 1.29 bits per heavy atom. The maximum absolute atomic E-state index is 9.95. The Morgan fingerprint density at radius 3 is 2.47 bits per heavy atom. The van der Waals surface area contributed by atoms with Gasteiger partial charge in [-0.05, 0) is 36.5 Å². The van der Waals surface area contributed by atoms with E-state index >= 15 is 0 Å². The van der Waals surface area contributed by atoms with Crippen LogP contribution in [0, 0.1) is 5.92 Å². The van der Waals surface area contributed by atoms with Gasteiger partial charge in [-0.1, -0.05) is 31.5 Å². The highest BCUT2D eigenvalue weighted by Gasteiger charge is 2.17. The van der Waals surface area contributed by atoms with Gasteiger partial charge in [-0.3, -0.25) is 0 Å². The maximum Gasteiger partial charge on any atom is 0.134 e. The second-order valence-electron chi connectivity index (χ2n) is 4.78. The summed E-state index contributed by atoms with van der Waals surface area (Å²) in [4.78, 5) is 0. The van der Waals surface area contributed by atoms with Crippen molar-refractivity contribution in [2.24, 2.45) is 11.7 Å². The predicted molar refractivity (Wildman–Crippen MR) is 70.1 cm³/mol. The molecule has 4 heteroatoms. The van der Waals surface area contributed by atoms with Crippen LogP contribution in [0.3, 0.4) is 0 Å². The predicted octanol–water partition coefficient (Wildman–Crippen LogP) is 2.84. The highest BCUT2D eigenvalue weighted by atomic mass is 35.5. The number of nitrogens with two attached hydrogens (primary N) is 1.